The molecule has 4 nitrogen and oxygen atoms in total. The number of carbonyl (C=O) groups is 2. The fourth-order valence-corrected chi connectivity index (χ4v) is 8.59. The van der Waals surface area contributed by atoms with Crippen molar-refractivity contribution >= 4 is 11.8 Å². The minimum absolute atomic E-state index is 0.216. The van der Waals surface area contributed by atoms with Gasteiger partial charge in [-0.15, -0.1) is 5.26 Å². The highest BCUT2D eigenvalue weighted by Gasteiger charge is 2.62. The highest BCUT2D eigenvalue weighted by Crippen LogP contribution is 2.67. The average molecular weight is 400 g/mol. The average Bonchev–Trinajstić information content (AvgIpc) is 3.04. The van der Waals surface area contributed by atoms with Crippen LogP contribution in [-0.2, 0) is 14.3 Å². The minimum atomic E-state index is -0.415. The summed E-state index contributed by atoms with van der Waals surface area (Å²) in [5.74, 6) is 3.14. The Hall–Kier alpha value is -1.37. The van der Waals surface area contributed by atoms with Crippen molar-refractivity contribution in [3.8, 4) is 6.26 Å². The monoisotopic (exact) mass is 399 g/mol. The summed E-state index contributed by atoms with van der Waals surface area (Å²) in [5.41, 5.74) is 0.593. The molecule has 4 aliphatic rings. The van der Waals surface area contributed by atoms with Gasteiger partial charge in [-0.1, -0.05) is 33.6 Å². The quantitative estimate of drug-likeness (QED) is 0.452. The molecule has 0 spiro atoms. The van der Waals surface area contributed by atoms with Crippen molar-refractivity contribution in [2.24, 2.45) is 46.3 Å². The van der Waals surface area contributed by atoms with Gasteiger partial charge in [0.05, 0.1) is 0 Å². The van der Waals surface area contributed by atoms with Gasteiger partial charge in [0.1, 0.15) is 5.78 Å². The Kier molecular flexibility index (Phi) is 5.55. The van der Waals surface area contributed by atoms with Gasteiger partial charge >= 0.3 is 5.97 Å². The van der Waals surface area contributed by atoms with E-state index in [0.29, 0.717) is 47.2 Å². The predicted octanol–water partition coefficient (Wildman–Crippen LogP) is 5.65. The molecule has 0 N–H and O–H groups in total. The zero-order chi connectivity index (χ0) is 20.8. The van der Waals surface area contributed by atoms with Crippen molar-refractivity contribution in [1.29, 1.82) is 5.26 Å². The molecule has 0 amide bonds. The molecule has 4 heteroatoms. The molecule has 0 bridgehead atoms. The number of fused-ring (bicyclic) bond motifs is 5. The number of hydrogen-bond acceptors (Lipinski definition) is 4. The summed E-state index contributed by atoms with van der Waals surface area (Å²) in [7, 11) is 0. The van der Waals surface area contributed by atoms with Crippen LogP contribution in [0.1, 0.15) is 91.4 Å². The Balaban J connectivity index is 1.51. The lowest BCUT2D eigenvalue weighted by Gasteiger charge is -2.60. The zero-order valence-corrected chi connectivity index (χ0v) is 18.4. The van der Waals surface area contributed by atoms with Gasteiger partial charge in [0.2, 0.25) is 0 Å². The van der Waals surface area contributed by atoms with E-state index >= 15 is 0 Å². The molecule has 0 aromatic carbocycles. The molecule has 8 unspecified atom stereocenters. The SMILES string of the molecule is CC(CCC(=O)OC#N)C1CCC2C3C(=O)CC4CCCCC4(C)C3CCC12C. The highest BCUT2D eigenvalue weighted by molar-refractivity contribution is 5.83. The summed E-state index contributed by atoms with van der Waals surface area (Å²) in [4.78, 5) is 25.0. The molecule has 4 saturated carbocycles. The molecule has 0 aromatic heterocycles. The van der Waals surface area contributed by atoms with E-state index in [-0.39, 0.29) is 11.3 Å². The van der Waals surface area contributed by atoms with Crippen molar-refractivity contribution in [3.63, 3.8) is 0 Å². The normalized spacial score (nSPS) is 44.8. The molecule has 0 saturated heterocycles. The van der Waals surface area contributed by atoms with Crippen molar-refractivity contribution < 1.29 is 14.3 Å². The van der Waals surface area contributed by atoms with Crippen LogP contribution in [0.3, 0.4) is 0 Å². The van der Waals surface area contributed by atoms with Gasteiger partial charge in [0, 0.05) is 18.8 Å². The third-order valence-corrected chi connectivity index (χ3v) is 10.1. The maximum absolute atomic E-state index is 13.4. The van der Waals surface area contributed by atoms with Crippen LogP contribution in [0.4, 0.5) is 0 Å². The number of rotatable bonds is 4. The van der Waals surface area contributed by atoms with Gasteiger partial charge in [0.15, 0.2) is 0 Å². The topological polar surface area (TPSA) is 67.2 Å². The summed E-state index contributed by atoms with van der Waals surface area (Å²) >= 11 is 0. The van der Waals surface area contributed by atoms with E-state index < -0.39 is 5.97 Å². The first-order valence-electron chi connectivity index (χ1n) is 11.9. The molecular formula is C25H37NO3. The number of ketones is 1. The fraction of sp³-hybridized carbons (Fsp3) is 0.880. The Morgan fingerprint density at radius 3 is 2.66 bits per heavy atom. The smallest absolute Gasteiger partial charge is 0.321 e. The Bertz CT molecular complexity index is 711. The van der Waals surface area contributed by atoms with Gasteiger partial charge in [-0.25, -0.2) is 0 Å². The number of ether oxygens (including phenoxy) is 1. The fourth-order valence-electron chi connectivity index (χ4n) is 8.59. The molecule has 4 rings (SSSR count). The second-order valence-electron chi connectivity index (χ2n) is 11.2. The van der Waals surface area contributed by atoms with Crippen LogP contribution in [0.15, 0.2) is 0 Å². The summed E-state index contributed by atoms with van der Waals surface area (Å²) < 4.78 is 4.45. The predicted molar refractivity (Wildman–Crippen MR) is 110 cm³/mol. The van der Waals surface area contributed by atoms with E-state index in [9.17, 15) is 9.59 Å². The van der Waals surface area contributed by atoms with E-state index in [1.165, 1.54) is 57.6 Å². The van der Waals surface area contributed by atoms with Crippen molar-refractivity contribution in [2.45, 2.75) is 91.4 Å². The van der Waals surface area contributed by atoms with E-state index in [1.807, 2.05) is 0 Å². The van der Waals surface area contributed by atoms with Crippen molar-refractivity contribution in [3.05, 3.63) is 0 Å². The number of hydrogen-bond donors (Lipinski definition) is 0. The van der Waals surface area contributed by atoms with E-state index in [1.54, 1.807) is 0 Å². The lowest BCUT2D eigenvalue weighted by atomic mass is 9.44. The second kappa shape index (κ2) is 7.71. The van der Waals surface area contributed by atoms with Crippen LogP contribution in [0, 0.1) is 57.9 Å². The highest BCUT2D eigenvalue weighted by atomic mass is 16.5. The number of carbonyl (C=O) groups excluding carboxylic acids is 2. The molecule has 160 valence electrons. The third-order valence-electron chi connectivity index (χ3n) is 10.1. The van der Waals surface area contributed by atoms with Crippen LogP contribution in [0.5, 0.6) is 0 Å². The molecule has 8 atom stereocenters. The van der Waals surface area contributed by atoms with Crippen LogP contribution < -0.4 is 0 Å². The number of esters is 1. The zero-order valence-electron chi connectivity index (χ0n) is 18.4. The Morgan fingerprint density at radius 2 is 1.90 bits per heavy atom. The lowest BCUT2D eigenvalue weighted by molar-refractivity contribution is -0.156. The summed E-state index contributed by atoms with van der Waals surface area (Å²) in [6.45, 7) is 7.21. The van der Waals surface area contributed by atoms with Crippen LogP contribution >= 0.6 is 0 Å². The molecule has 29 heavy (non-hydrogen) atoms. The maximum Gasteiger partial charge on any atom is 0.321 e. The van der Waals surface area contributed by atoms with Crippen molar-refractivity contribution in [2.75, 3.05) is 0 Å². The van der Waals surface area contributed by atoms with Gasteiger partial charge < -0.3 is 4.74 Å². The van der Waals surface area contributed by atoms with Gasteiger partial charge in [-0.2, -0.15) is 0 Å². The summed E-state index contributed by atoms with van der Waals surface area (Å²) in [5, 5.41) is 8.52. The largest absolute Gasteiger partial charge is 0.351 e. The molecule has 0 heterocycles. The molecule has 0 aliphatic heterocycles. The third kappa shape index (κ3) is 3.33. The van der Waals surface area contributed by atoms with E-state index in [4.69, 9.17) is 5.26 Å². The molecule has 0 aromatic rings. The van der Waals surface area contributed by atoms with Crippen molar-refractivity contribution in [1.82, 2.24) is 0 Å². The Labute approximate surface area is 175 Å². The first-order valence-corrected chi connectivity index (χ1v) is 11.9. The summed E-state index contributed by atoms with van der Waals surface area (Å²) in [6, 6.07) is 0. The van der Waals surface area contributed by atoms with Gasteiger partial charge in [-0.3, -0.25) is 9.59 Å². The van der Waals surface area contributed by atoms with Crippen LogP contribution in [0.2, 0.25) is 0 Å². The first kappa shape index (κ1) is 20.9. The Morgan fingerprint density at radius 1 is 1.14 bits per heavy atom. The lowest BCUT2D eigenvalue weighted by Crippen LogP contribution is -2.56. The maximum atomic E-state index is 13.4. The first-order chi connectivity index (χ1) is 13.8. The second-order valence-corrected chi connectivity index (χ2v) is 11.2. The number of nitrogens with zero attached hydrogens (tertiary/aromatic N) is 1. The van der Waals surface area contributed by atoms with Gasteiger partial charge in [0.25, 0.3) is 6.26 Å². The minimum Gasteiger partial charge on any atom is -0.351 e. The molecule has 0 radical (unpaired) electrons. The number of nitriles is 1. The number of Topliss-reactive ketones (excluding diaryl/α,β-unsaturated/α-hetero) is 1. The standard InChI is InChI=1S/C25H37NO3/c1-16(7-10-22(28)29-15-26)18-8-9-19-23-20(11-13-25(18,19)3)24(2)12-5-4-6-17(24)14-21(23)27/h16-20,23H,4-14H2,1-3H3. The van der Waals surface area contributed by atoms with E-state index in [2.05, 4.69) is 25.5 Å². The van der Waals surface area contributed by atoms with Crippen LogP contribution in [-0.4, -0.2) is 11.8 Å². The molecular weight excluding hydrogens is 362 g/mol. The molecule has 4 fully saturated rings. The summed E-state index contributed by atoms with van der Waals surface area (Å²) in [6.07, 6.45) is 13.4. The van der Waals surface area contributed by atoms with Crippen LogP contribution in [0.25, 0.3) is 0 Å². The molecule has 4 aliphatic carbocycles. The van der Waals surface area contributed by atoms with E-state index in [0.717, 1.165) is 12.8 Å². The van der Waals surface area contributed by atoms with Gasteiger partial charge in [-0.05, 0) is 85.4 Å².